The molecule has 0 saturated heterocycles. The largest absolute Gasteiger partial charge is 0.423 e. The molecule has 0 fully saturated rings. The maximum Gasteiger partial charge on any atom is 0.247 e. The van der Waals surface area contributed by atoms with Gasteiger partial charge in [0, 0.05) is 21.0 Å². The molecule has 90 valence electrons. The Labute approximate surface area is 112 Å². The van der Waals surface area contributed by atoms with Crippen molar-refractivity contribution in [2.45, 2.75) is 0 Å². The number of hydrogen-bond acceptors (Lipinski definition) is 5. The van der Waals surface area contributed by atoms with Crippen LogP contribution >= 0.6 is 22.9 Å². The lowest BCUT2D eigenvalue weighted by atomic mass is 10.1. The van der Waals surface area contributed by atoms with Crippen LogP contribution in [-0.2, 0) is 0 Å². The number of halogens is 1. The molecule has 0 saturated carbocycles. The van der Waals surface area contributed by atoms with E-state index in [1.165, 1.54) is 17.7 Å². The highest BCUT2D eigenvalue weighted by Crippen LogP contribution is 2.36. The number of benzene rings is 1. The first-order valence-electron chi connectivity index (χ1n) is 5.16. The molecule has 0 radical (unpaired) electrons. The number of nitrogen functional groups attached to an aromatic ring is 1. The van der Waals surface area contributed by atoms with Crippen molar-refractivity contribution < 1.29 is 4.42 Å². The Kier molecular flexibility index (Phi) is 2.77. The molecule has 2 N–H and O–H groups in total. The molecule has 0 spiro atoms. The Hall–Kier alpha value is -1.85. The van der Waals surface area contributed by atoms with E-state index in [1.54, 1.807) is 0 Å². The highest BCUT2D eigenvalue weighted by molar-refractivity contribution is 7.19. The molecular weight excluding hydrogens is 270 g/mol. The van der Waals surface area contributed by atoms with Gasteiger partial charge in [-0.15, -0.1) is 21.5 Å². The standard InChI is InChI=1S/C12H8ClN3OS/c13-9-2-1-7(12-16-15-6-17-12)5-8(9)10-3-4-11(14)18-10/h1-6H,14H2. The van der Waals surface area contributed by atoms with Gasteiger partial charge in [-0.1, -0.05) is 11.6 Å². The summed E-state index contributed by atoms with van der Waals surface area (Å²) < 4.78 is 5.17. The van der Waals surface area contributed by atoms with E-state index in [2.05, 4.69) is 10.2 Å². The summed E-state index contributed by atoms with van der Waals surface area (Å²) in [5.41, 5.74) is 7.48. The molecule has 0 atom stereocenters. The van der Waals surface area contributed by atoms with Crippen molar-refractivity contribution in [1.82, 2.24) is 10.2 Å². The smallest absolute Gasteiger partial charge is 0.247 e. The maximum absolute atomic E-state index is 6.20. The quantitative estimate of drug-likeness (QED) is 0.776. The van der Waals surface area contributed by atoms with E-state index in [0.717, 1.165) is 21.0 Å². The third kappa shape index (κ3) is 1.98. The zero-order chi connectivity index (χ0) is 12.5. The van der Waals surface area contributed by atoms with Crippen molar-refractivity contribution in [3.8, 4) is 21.9 Å². The SMILES string of the molecule is Nc1ccc(-c2cc(-c3nnco3)ccc2Cl)s1. The monoisotopic (exact) mass is 277 g/mol. The van der Waals surface area contributed by atoms with Crippen LogP contribution in [0.4, 0.5) is 5.00 Å². The molecule has 0 aliphatic heterocycles. The van der Waals surface area contributed by atoms with Crippen molar-refractivity contribution in [3.05, 3.63) is 41.7 Å². The third-order valence-electron chi connectivity index (χ3n) is 2.47. The highest BCUT2D eigenvalue weighted by atomic mass is 35.5. The highest BCUT2D eigenvalue weighted by Gasteiger charge is 2.10. The number of nitrogens with zero attached hydrogens (tertiary/aromatic N) is 2. The molecule has 0 bridgehead atoms. The van der Waals surface area contributed by atoms with Gasteiger partial charge in [0.25, 0.3) is 0 Å². The number of aromatic nitrogens is 2. The van der Waals surface area contributed by atoms with Crippen LogP contribution in [0.2, 0.25) is 5.02 Å². The summed E-state index contributed by atoms with van der Waals surface area (Å²) in [5.74, 6) is 0.470. The molecule has 18 heavy (non-hydrogen) atoms. The van der Waals surface area contributed by atoms with Gasteiger partial charge in [-0.25, -0.2) is 0 Å². The van der Waals surface area contributed by atoms with Crippen molar-refractivity contribution in [1.29, 1.82) is 0 Å². The lowest BCUT2D eigenvalue weighted by Crippen LogP contribution is -1.81. The minimum Gasteiger partial charge on any atom is -0.423 e. The lowest BCUT2D eigenvalue weighted by molar-refractivity contribution is 0.568. The molecule has 0 aliphatic rings. The number of thiophene rings is 1. The normalized spacial score (nSPS) is 10.7. The Balaban J connectivity index is 2.12. The van der Waals surface area contributed by atoms with Gasteiger partial charge in [-0.3, -0.25) is 0 Å². The maximum atomic E-state index is 6.20. The van der Waals surface area contributed by atoms with Gasteiger partial charge < -0.3 is 10.2 Å². The molecule has 3 aromatic rings. The van der Waals surface area contributed by atoms with Crippen LogP contribution in [0.15, 0.2) is 41.1 Å². The van der Waals surface area contributed by atoms with Crippen LogP contribution in [0.1, 0.15) is 0 Å². The van der Waals surface area contributed by atoms with Crippen molar-refractivity contribution in [3.63, 3.8) is 0 Å². The first kappa shape index (κ1) is 11.3. The van der Waals surface area contributed by atoms with E-state index in [-0.39, 0.29) is 0 Å². The Morgan fingerprint density at radius 1 is 1.22 bits per heavy atom. The molecule has 6 heteroatoms. The molecule has 3 rings (SSSR count). The predicted molar refractivity (Wildman–Crippen MR) is 72.5 cm³/mol. The van der Waals surface area contributed by atoms with Crippen molar-refractivity contribution >= 4 is 27.9 Å². The Bertz CT molecular complexity index is 678. The molecule has 2 aromatic heterocycles. The fourth-order valence-electron chi connectivity index (χ4n) is 1.64. The molecular formula is C12H8ClN3OS. The second-order valence-corrected chi connectivity index (χ2v) is 5.16. The summed E-state index contributed by atoms with van der Waals surface area (Å²) in [7, 11) is 0. The topological polar surface area (TPSA) is 64.9 Å². The fourth-order valence-corrected chi connectivity index (χ4v) is 2.72. The van der Waals surface area contributed by atoms with Crippen molar-refractivity contribution in [2.75, 3.05) is 5.73 Å². The van der Waals surface area contributed by atoms with E-state index >= 15 is 0 Å². The van der Waals surface area contributed by atoms with Crippen LogP contribution in [-0.4, -0.2) is 10.2 Å². The van der Waals surface area contributed by atoms with Gasteiger partial charge in [-0.2, -0.15) is 0 Å². The summed E-state index contributed by atoms with van der Waals surface area (Å²) in [6.45, 7) is 0. The van der Waals surface area contributed by atoms with Gasteiger partial charge in [0.2, 0.25) is 12.3 Å². The Morgan fingerprint density at radius 2 is 2.11 bits per heavy atom. The zero-order valence-electron chi connectivity index (χ0n) is 9.13. The van der Waals surface area contributed by atoms with E-state index < -0.39 is 0 Å². The van der Waals surface area contributed by atoms with Gasteiger partial charge >= 0.3 is 0 Å². The first-order chi connectivity index (χ1) is 8.74. The average Bonchev–Trinajstić information content (AvgIpc) is 3.01. The molecule has 0 amide bonds. The number of hydrogen-bond donors (Lipinski definition) is 1. The fraction of sp³-hybridized carbons (Fsp3) is 0. The van der Waals surface area contributed by atoms with Gasteiger partial charge in [-0.05, 0) is 30.3 Å². The predicted octanol–water partition coefficient (Wildman–Crippen LogP) is 3.70. The van der Waals surface area contributed by atoms with E-state index in [9.17, 15) is 0 Å². The van der Waals surface area contributed by atoms with Crippen LogP contribution in [0.5, 0.6) is 0 Å². The lowest BCUT2D eigenvalue weighted by Gasteiger charge is -2.03. The summed E-state index contributed by atoms with van der Waals surface area (Å²) in [4.78, 5) is 1.01. The summed E-state index contributed by atoms with van der Waals surface area (Å²) in [6, 6.07) is 9.37. The molecule has 2 heterocycles. The van der Waals surface area contributed by atoms with Gasteiger partial charge in [0.15, 0.2) is 0 Å². The van der Waals surface area contributed by atoms with Crippen LogP contribution in [0, 0.1) is 0 Å². The first-order valence-corrected chi connectivity index (χ1v) is 6.35. The molecule has 4 nitrogen and oxygen atoms in total. The van der Waals surface area contributed by atoms with Gasteiger partial charge in [0.05, 0.1) is 5.00 Å². The van der Waals surface area contributed by atoms with E-state index in [1.807, 2.05) is 30.3 Å². The van der Waals surface area contributed by atoms with Crippen LogP contribution < -0.4 is 5.73 Å². The second kappa shape index (κ2) is 4.44. The Morgan fingerprint density at radius 3 is 2.78 bits per heavy atom. The minimum absolute atomic E-state index is 0.470. The second-order valence-electron chi connectivity index (χ2n) is 3.64. The summed E-state index contributed by atoms with van der Waals surface area (Å²) >= 11 is 7.69. The summed E-state index contributed by atoms with van der Waals surface area (Å²) in [5, 5.41) is 8.96. The van der Waals surface area contributed by atoms with Crippen LogP contribution in [0.25, 0.3) is 21.9 Å². The van der Waals surface area contributed by atoms with Crippen molar-refractivity contribution in [2.24, 2.45) is 0 Å². The van der Waals surface area contributed by atoms with E-state index in [0.29, 0.717) is 10.9 Å². The number of anilines is 1. The minimum atomic E-state index is 0.470. The average molecular weight is 278 g/mol. The number of nitrogens with two attached hydrogens (primary N) is 1. The molecule has 0 unspecified atom stereocenters. The molecule has 0 aliphatic carbocycles. The summed E-state index contributed by atoms with van der Waals surface area (Å²) in [6.07, 6.45) is 1.30. The van der Waals surface area contributed by atoms with E-state index in [4.69, 9.17) is 21.8 Å². The van der Waals surface area contributed by atoms with Gasteiger partial charge in [0.1, 0.15) is 0 Å². The zero-order valence-corrected chi connectivity index (χ0v) is 10.7. The van der Waals surface area contributed by atoms with Crippen LogP contribution in [0.3, 0.4) is 0 Å². The molecule has 1 aromatic carbocycles. The third-order valence-corrected chi connectivity index (χ3v) is 3.74. The number of rotatable bonds is 2.